The number of carbonyl (C=O) groups is 1. The summed E-state index contributed by atoms with van der Waals surface area (Å²) in [6.07, 6.45) is 6.94. The number of aromatic amines is 2. The van der Waals surface area contributed by atoms with Gasteiger partial charge in [0.1, 0.15) is 29.2 Å². The van der Waals surface area contributed by atoms with Gasteiger partial charge in [0.15, 0.2) is 21.3 Å². The number of hydrogen-bond acceptors (Lipinski definition) is 14. The summed E-state index contributed by atoms with van der Waals surface area (Å²) >= 11 is 0. The summed E-state index contributed by atoms with van der Waals surface area (Å²) in [6.45, 7) is 4.09. The van der Waals surface area contributed by atoms with Crippen LogP contribution in [0.5, 0.6) is 17.2 Å². The summed E-state index contributed by atoms with van der Waals surface area (Å²) in [5.41, 5.74) is 1.01. The summed E-state index contributed by atoms with van der Waals surface area (Å²) in [4.78, 5) is 23.7. The first-order chi connectivity index (χ1) is 25.3. The number of ketones is 1. The molecular weight excluding hydrogens is 733 g/mol. The minimum absolute atomic E-state index is 0.109. The van der Waals surface area contributed by atoms with E-state index in [1.54, 1.807) is 32.2 Å². The summed E-state index contributed by atoms with van der Waals surface area (Å²) in [5, 5.41) is -2.26. The normalized spacial score (nSPS) is 23.1. The van der Waals surface area contributed by atoms with Crippen molar-refractivity contribution in [3.05, 3.63) is 60.0 Å². The lowest BCUT2D eigenvalue weighted by molar-refractivity contribution is -0.300. The van der Waals surface area contributed by atoms with Gasteiger partial charge in [-0.15, -0.1) is 0 Å². The molecule has 1 saturated heterocycles. The number of hydrogen-bond donors (Lipinski definition) is 2. The Hall–Kier alpha value is -3.81. The number of methoxy groups -OCH3 is 3. The lowest BCUT2D eigenvalue weighted by Gasteiger charge is -2.52. The fraction of sp³-hybridized carbons (Fsp3) is 0.571. The van der Waals surface area contributed by atoms with Crippen molar-refractivity contribution in [3.8, 4) is 17.2 Å². The van der Waals surface area contributed by atoms with Crippen molar-refractivity contribution < 1.29 is 54.8 Å². The molecule has 16 nitrogen and oxygen atoms in total. The van der Waals surface area contributed by atoms with Crippen LogP contribution in [0.2, 0.25) is 0 Å². The smallest absolute Gasteiger partial charge is 0.251 e. The summed E-state index contributed by atoms with van der Waals surface area (Å²) in [6, 6.07) is 3.54. The molecule has 0 radical (unpaired) electrons. The molecule has 0 spiro atoms. The third-order valence-electron chi connectivity index (χ3n) is 9.18. The molecule has 2 unspecified atom stereocenters. The molecule has 2 aromatic heterocycles. The highest BCUT2D eigenvalue weighted by Crippen LogP contribution is 2.53. The molecular formula is C35H48N4O12S2. The third-order valence-corrected chi connectivity index (χ3v) is 13.4. The fourth-order valence-electron chi connectivity index (χ4n) is 6.91. The largest absolute Gasteiger partial charge is 0.493 e. The van der Waals surface area contributed by atoms with E-state index in [1.165, 1.54) is 46.0 Å². The molecule has 3 aromatic rings. The van der Waals surface area contributed by atoms with Crippen LogP contribution in [0.4, 0.5) is 0 Å². The van der Waals surface area contributed by atoms with E-state index in [4.69, 9.17) is 33.2 Å². The Morgan fingerprint density at radius 1 is 0.887 bits per heavy atom. The van der Waals surface area contributed by atoms with Gasteiger partial charge >= 0.3 is 0 Å². The summed E-state index contributed by atoms with van der Waals surface area (Å²) in [7, 11) is -4.90. The number of sulfone groups is 2. The molecule has 5 rings (SSSR count). The predicted molar refractivity (Wildman–Crippen MR) is 191 cm³/mol. The van der Waals surface area contributed by atoms with E-state index in [0.29, 0.717) is 54.1 Å². The Morgan fingerprint density at radius 3 is 2.04 bits per heavy atom. The van der Waals surface area contributed by atoms with Crippen molar-refractivity contribution in [2.24, 2.45) is 0 Å². The van der Waals surface area contributed by atoms with Crippen LogP contribution in [0.15, 0.2) is 53.7 Å². The Labute approximate surface area is 309 Å². The average molecular weight is 781 g/mol. The first kappa shape index (κ1) is 40.4. The van der Waals surface area contributed by atoms with Crippen LogP contribution >= 0.6 is 0 Å². The Balaban J connectivity index is 1.76. The van der Waals surface area contributed by atoms with Gasteiger partial charge in [0.25, 0.3) is 14.8 Å². The van der Waals surface area contributed by atoms with E-state index in [2.05, 4.69) is 19.9 Å². The van der Waals surface area contributed by atoms with Crippen LogP contribution < -0.4 is 14.2 Å². The Morgan fingerprint density at radius 2 is 1.51 bits per heavy atom. The monoisotopic (exact) mass is 780 g/mol. The SMILES string of the molecule is CCCOC1(OCCC)C(S(=O)(=O)CC(C)=O)CC([C@@H]2CC[C@@H](c3cc(OC)c(OC)c(OC)c3)O2)=CC1(OCc1ncc[nH]1)S(=O)(=O)c1ncc[nH]1. The van der Waals surface area contributed by atoms with Gasteiger partial charge in [0, 0.05) is 38.0 Å². The maximum Gasteiger partial charge on any atom is 0.251 e. The van der Waals surface area contributed by atoms with Gasteiger partial charge in [-0.3, -0.25) is 4.79 Å². The number of H-pyrrole nitrogens is 2. The maximum absolute atomic E-state index is 15.2. The van der Waals surface area contributed by atoms with Crippen molar-refractivity contribution in [1.29, 1.82) is 0 Å². The molecule has 1 aliphatic heterocycles. The molecule has 2 aliphatic rings. The van der Waals surface area contributed by atoms with Gasteiger partial charge in [0.2, 0.25) is 16.7 Å². The van der Waals surface area contributed by atoms with Crippen molar-refractivity contribution in [2.75, 3.05) is 40.3 Å². The molecule has 0 amide bonds. The van der Waals surface area contributed by atoms with Crippen LogP contribution in [0.3, 0.4) is 0 Å². The average Bonchev–Trinajstić information content (AvgIpc) is 3.95. The number of Topliss-reactive ketones (excluding diaryl/α,β-unsaturated/α-hetero) is 1. The van der Waals surface area contributed by atoms with E-state index in [9.17, 15) is 13.2 Å². The zero-order chi connectivity index (χ0) is 38.4. The Kier molecular flexibility index (Phi) is 12.7. The van der Waals surface area contributed by atoms with Crippen LogP contribution in [0, 0.1) is 0 Å². The van der Waals surface area contributed by atoms with Crippen LogP contribution in [-0.4, -0.2) is 105 Å². The maximum atomic E-state index is 15.2. The number of rotatable bonds is 19. The van der Waals surface area contributed by atoms with Crippen LogP contribution in [-0.2, 0) is 50.0 Å². The standard InChI is InChI=1S/C35H48N4O12S2/c1-7-15-48-35(49-16-8-2)30(52(41,42)22-23(3)40)19-25(27-10-9-26(51-27)24-17-28(45-4)32(47-6)29(18-24)46-5)20-34(35,50-21-31-36-11-12-37-31)53(43,44)33-38-13-14-39-33/h11-14,17-18,20,26-27,30H,7-10,15-16,19,21-22H2,1-6H3,(H,36,37)(H,38,39)/t26-,27-,30?,34?/m0/s1. The topological polar surface area (TPSA) is 207 Å². The first-order valence-corrected chi connectivity index (χ1v) is 20.5. The van der Waals surface area contributed by atoms with Crippen molar-refractivity contribution in [2.45, 2.75) is 92.8 Å². The molecule has 18 heteroatoms. The summed E-state index contributed by atoms with van der Waals surface area (Å²) in [5.74, 6) is -2.57. The van der Waals surface area contributed by atoms with E-state index in [-0.39, 0.29) is 25.5 Å². The quantitative estimate of drug-likeness (QED) is 0.130. The van der Waals surface area contributed by atoms with E-state index >= 15 is 8.42 Å². The van der Waals surface area contributed by atoms with E-state index in [1.807, 2.05) is 0 Å². The molecule has 3 heterocycles. The number of nitrogens with zero attached hydrogens (tertiary/aromatic N) is 2. The second kappa shape index (κ2) is 16.7. The number of aromatic nitrogens is 4. The highest BCUT2D eigenvalue weighted by Gasteiger charge is 2.72. The predicted octanol–water partition coefficient (Wildman–Crippen LogP) is 4.02. The summed E-state index contributed by atoms with van der Waals surface area (Å²) < 4.78 is 102. The zero-order valence-electron chi connectivity index (χ0n) is 30.7. The van der Waals surface area contributed by atoms with Crippen molar-refractivity contribution in [1.82, 2.24) is 19.9 Å². The van der Waals surface area contributed by atoms with E-state index in [0.717, 1.165) is 6.92 Å². The second-order valence-corrected chi connectivity index (χ2v) is 17.0. The minimum atomic E-state index is -4.89. The van der Waals surface area contributed by atoms with Crippen molar-refractivity contribution in [3.63, 3.8) is 0 Å². The van der Waals surface area contributed by atoms with Gasteiger partial charge in [-0.25, -0.2) is 26.8 Å². The fourth-order valence-corrected chi connectivity index (χ4v) is 10.8. The number of ether oxygens (including phenoxy) is 7. The Bertz CT molecular complexity index is 1920. The van der Waals surface area contributed by atoms with Gasteiger partial charge in [0.05, 0.1) is 33.5 Å². The van der Waals surface area contributed by atoms with Gasteiger partial charge in [-0.1, -0.05) is 13.8 Å². The molecule has 1 aromatic carbocycles. The minimum Gasteiger partial charge on any atom is -0.493 e. The molecule has 1 aliphatic carbocycles. The van der Waals surface area contributed by atoms with Crippen LogP contribution in [0.1, 0.15) is 70.4 Å². The molecule has 1 fully saturated rings. The highest BCUT2D eigenvalue weighted by molar-refractivity contribution is 7.94. The first-order valence-electron chi connectivity index (χ1n) is 17.3. The number of carbonyl (C=O) groups excluding carboxylic acids is 1. The highest BCUT2D eigenvalue weighted by atomic mass is 32.2. The molecule has 4 atom stereocenters. The molecule has 2 N–H and O–H groups in total. The number of nitrogens with one attached hydrogen (secondary N) is 2. The molecule has 0 saturated carbocycles. The molecule has 0 bridgehead atoms. The lowest BCUT2D eigenvalue weighted by Crippen LogP contribution is -2.71. The molecule has 53 heavy (non-hydrogen) atoms. The van der Waals surface area contributed by atoms with Gasteiger partial charge in [-0.2, -0.15) is 0 Å². The van der Waals surface area contributed by atoms with E-state index < -0.39 is 71.2 Å². The lowest BCUT2D eigenvalue weighted by atomic mass is 9.86. The number of imidazole rings is 2. The zero-order valence-corrected chi connectivity index (χ0v) is 32.4. The van der Waals surface area contributed by atoms with Crippen LogP contribution in [0.25, 0.3) is 0 Å². The second-order valence-electron chi connectivity index (χ2n) is 12.8. The van der Waals surface area contributed by atoms with Crippen molar-refractivity contribution >= 4 is 25.5 Å². The number of benzene rings is 1. The third kappa shape index (κ3) is 7.75. The van der Waals surface area contributed by atoms with Gasteiger partial charge < -0.3 is 43.1 Å². The molecule has 292 valence electrons. The van der Waals surface area contributed by atoms with Gasteiger partial charge in [-0.05, 0) is 68.4 Å².